The monoisotopic (exact) mass is 335 g/mol. The van der Waals surface area contributed by atoms with Gasteiger partial charge in [-0.15, -0.1) is 0 Å². The molecule has 0 aliphatic carbocycles. The zero-order valence-corrected chi connectivity index (χ0v) is 11.3. The molecular weight excluding hydrogens is 323 g/mol. The van der Waals surface area contributed by atoms with Crippen LogP contribution in [-0.4, -0.2) is 50.0 Å². The molecule has 0 fully saturated rings. The standard InChI is InChI=1S/C9H12F3NO7S/c1-6(10)7(14)19-5-3-13-8(15)20-4-2-9(11,12)21(16,17)18/h1-5H2,(H,13,15)(H,16,17,18). The Kier molecular flexibility index (Phi) is 7.15. The molecular formula is C9H12F3NO7S. The summed E-state index contributed by atoms with van der Waals surface area (Å²) in [5, 5.41) is -2.49. The molecule has 0 heterocycles. The highest BCUT2D eigenvalue weighted by molar-refractivity contribution is 7.86. The molecule has 122 valence electrons. The smallest absolute Gasteiger partial charge is 0.407 e. The van der Waals surface area contributed by atoms with Crippen LogP contribution in [0.4, 0.5) is 18.0 Å². The number of amides is 1. The lowest BCUT2D eigenvalue weighted by atomic mass is 10.5. The van der Waals surface area contributed by atoms with Gasteiger partial charge in [0.1, 0.15) is 13.2 Å². The van der Waals surface area contributed by atoms with Crippen LogP contribution in [0.3, 0.4) is 0 Å². The van der Waals surface area contributed by atoms with Gasteiger partial charge in [-0.2, -0.15) is 21.6 Å². The van der Waals surface area contributed by atoms with Gasteiger partial charge in [0.15, 0.2) is 0 Å². The van der Waals surface area contributed by atoms with Crippen LogP contribution in [0.1, 0.15) is 6.42 Å². The summed E-state index contributed by atoms with van der Waals surface area (Å²) in [6.45, 7) is 0.954. The summed E-state index contributed by atoms with van der Waals surface area (Å²) in [5.41, 5.74) is 0. The zero-order valence-electron chi connectivity index (χ0n) is 10.5. The first kappa shape index (κ1) is 19.2. The fourth-order valence-corrected chi connectivity index (χ4v) is 1.16. The predicted molar refractivity (Wildman–Crippen MR) is 61.7 cm³/mol. The first-order valence-corrected chi connectivity index (χ1v) is 6.68. The molecule has 12 heteroatoms. The minimum absolute atomic E-state index is 0.299. The molecule has 1 amide bonds. The molecule has 0 aromatic rings. The van der Waals surface area contributed by atoms with Crippen molar-refractivity contribution in [3.05, 3.63) is 12.4 Å². The molecule has 0 atom stereocenters. The number of carbonyl (C=O) groups is 2. The summed E-state index contributed by atoms with van der Waals surface area (Å²) in [6.07, 6.45) is -2.63. The lowest BCUT2D eigenvalue weighted by Crippen LogP contribution is -2.32. The third kappa shape index (κ3) is 7.51. The third-order valence-electron chi connectivity index (χ3n) is 1.83. The highest BCUT2D eigenvalue weighted by atomic mass is 32.2. The Morgan fingerprint density at radius 1 is 1.24 bits per heavy atom. The maximum absolute atomic E-state index is 12.7. The third-order valence-corrected chi connectivity index (χ3v) is 2.79. The zero-order chi connectivity index (χ0) is 16.7. The highest BCUT2D eigenvalue weighted by Crippen LogP contribution is 2.24. The van der Waals surface area contributed by atoms with E-state index in [1.807, 2.05) is 5.32 Å². The lowest BCUT2D eigenvalue weighted by Gasteiger charge is -2.12. The summed E-state index contributed by atoms with van der Waals surface area (Å²) >= 11 is 0. The number of ether oxygens (including phenoxy) is 2. The molecule has 0 unspecified atom stereocenters. The van der Waals surface area contributed by atoms with E-state index in [0.29, 0.717) is 0 Å². The van der Waals surface area contributed by atoms with Crippen molar-refractivity contribution < 1.29 is 45.2 Å². The van der Waals surface area contributed by atoms with Crippen molar-refractivity contribution in [3.8, 4) is 0 Å². The van der Waals surface area contributed by atoms with E-state index >= 15 is 0 Å². The van der Waals surface area contributed by atoms with E-state index in [9.17, 15) is 31.2 Å². The van der Waals surface area contributed by atoms with Gasteiger partial charge in [-0.3, -0.25) is 4.55 Å². The molecule has 21 heavy (non-hydrogen) atoms. The van der Waals surface area contributed by atoms with Crippen LogP contribution >= 0.6 is 0 Å². The summed E-state index contributed by atoms with van der Waals surface area (Å²) < 4.78 is 74.6. The molecule has 0 radical (unpaired) electrons. The SMILES string of the molecule is C=C(F)C(=O)OCCNC(=O)OCCC(F)(F)S(=O)(=O)O. The van der Waals surface area contributed by atoms with E-state index in [2.05, 4.69) is 16.1 Å². The van der Waals surface area contributed by atoms with Crippen molar-refractivity contribution in [1.82, 2.24) is 5.32 Å². The molecule has 0 bridgehead atoms. The van der Waals surface area contributed by atoms with E-state index < -0.39 is 52.9 Å². The molecule has 0 saturated heterocycles. The van der Waals surface area contributed by atoms with Crippen LogP contribution in [0.25, 0.3) is 0 Å². The van der Waals surface area contributed by atoms with Gasteiger partial charge in [0, 0.05) is 0 Å². The van der Waals surface area contributed by atoms with Gasteiger partial charge >= 0.3 is 27.4 Å². The van der Waals surface area contributed by atoms with Crippen LogP contribution in [0.15, 0.2) is 12.4 Å². The average Bonchev–Trinajstić information content (AvgIpc) is 2.32. The molecule has 0 aromatic heterocycles. The second-order valence-corrected chi connectivity index (χ2v) is 5.01. The van der Waals surface area contributed by atoms with Gasteiger partial charge < -0.3 is 14.8 Å². The van der Waals surface area contributed by atoms with E-state index in [1.54, 1.807) is 0 Å². The van der Waals surface area contributed by atoms with Crippen molar-refractivity contribution >= 4 is 22.2 Å². The Labute approximate surface area is 117 Å². The Morgan fingerprint density at radius 2 is 1.81 bits per heavy atom. The Bertz CT molecular complexity index is 505. The quantitative estimate of drug-likeness (QED) is 0.289. The summed E-state index contributed by atoms with van der Waals surface area (Å²) in [4.78, 5) is 21.5. The normalized spacial score (nSPS) is 11.6. The number of esters is 1. The van der Waals surface area contributed by atoms with Crippen molar-refractivity contribution in [2.24, 2.45) is 0 Å². The van der Waals surface area contributed by atoms with Crippen LogP contribution in [-0.2, 0) is 24.4 Å². The fraction of sp³-hybridized carbons (Fsp3) is 0.556. The lowest BCUT2D eigenvalue weighted by molar-refractivity contribution is -0.140. The van der Waals surface area contributed by atoms with E-state index in [1.165, 1.54) is 0 Å². The minimum atomic E-state index is -5.59. The first-order chi connectivity index (χ1) is 9.47. The number of hydrogen-bond acceptors (Lipinski definition) is 6. The summed E-state index contributed by atoms with van der Waals surface area (Å²) in [6, 6.07) is 0. The number of nitrogens with one attached hydrogen (secondary N) is 1. The molecule has 0 spiro atoms. The van der Waals surface area contributed by atoms with Gasteiger partial charge in [-0.1, -0.05) is 6.58 Å². The molecule has 0 aliphatic rings. The highest BCUT2D eigenvalue weighted by Gasteiger charge is 2.43. The van der Waals surface area contributed by atoms with Gasteiger partial charge in [0.05, 0.1) is 13.0 Å². The molecule has 0 aromatic carbocycles. The fourth-order valence-electron chi connectivity index (χ4n) is 0.818. The van der Waals surface area contributed by atoms with Crippen LogP contribution in [0, 0.1) is 0 Å². The predicted octanol–water partition coefficient (Wildman–Crippen LogP) is 0.610. The van der Waals surface area contributed by atoms with Crippen molar-refractivity contribution in [2.45, 2.75) is 11.7 Å². The van der Waals surface area contributed by atoms with Crippen LogP contribution < -0.4 is 5.32 Å². The number of alkyl carbamates (subject to hydrolysis) is 1. The number of hydrogen-bond donors (Lipinski definition) is 2. The van der Waals surface area contributed by atoms with Gasteiger partial charge in [0.2, 0.25) is 5.83 Å². The van der Waals surface area contributed by atoms with E-state index in [-0.39, 0.29) is 6.54 Å². The maximum atomic E-state index is 12.7. The van der Waals surface area contributed by atoms with Gasteiger partial charge in [-0.25, -0.2) is 9.59 Å². The molecule has 0 saturated carbocycles. The second-order valence-electron chi connectivity index (χ2n) is 3.47. The largest absolute Gasteiger partial charge is 0.459 e. The van der Waals surface area contributed by atoms with Crippen LogP contribution in [0.2, 0.25) is 0 Å². The number of rotatable bonds is 8. The van der Waals surface area contributed by atoms with Crippen molar-refractivity contribution in [1.29, 1.82) is 0 Å². The van der Waals surface area contributed by atoms with E-state index in [4.69, 9.17) is 4.55 Å². The Morgan fingerprint density at radius 3 is 2.29 bits per heavy atom. The number of carbonyl (C=O) groups excluding carboxylic acids is 2. The summed E-state index contributed by atoms with van der Waals surface area (Å²) in [7, 11) is -5.59. The van der Waals surface area contributed by atoms with Crippen molar-refractivity contribution in [3.63, 3.8) is 0 Å². The second kappa shape index (κ2) is 7.83. The molecule has 8 nitrogen and oxygen atoms in total. The minimum Gasteiger partial charge on any atom is -0.459 e. The summed E-state index contributed by atoms with van der Waals surface area (Å²) in [5.74, 6) is -2.65. The molecule has 0 aliphatic heterocycles. The van der Waals surface area contributed by atoms with E-state index in [0.717, 1.165) is 0 Å². The topological polar surface area (TPSA) is 119 Å². The first-order valence-electron chi connectivity index (χ1n) is 5.24. The average molecular weight is 335 g/mol. The Hall–Kier alpha value is -1.82. The Balaban J connectivity index is 3.88. The molecule has 2 N–H and O–H groups in total. The maximum Gasteiger partial charge on any atom is 0.407 e. The van der Waals surface area contributed by atoms with Crippen LogP contribution in [0.5, 0.6) is 0 Å². The van der Waals surface area contributed by atoms with Gasteiger partial charge in [-0.05, 0) is 0 Å². The van der Waals surface area contributed by atoms with Gasteiger partial charge in [0.25, 0.3) is 0 Å². The molecule has 0 rings (SSSR count). The van der Waals surface area contributed by atoms with Crippen molar-refractivity contribution in [2.75, 3.05) is 19.8 Å². The number of halogens is 3. The number of alkyl halides is 2.